The molecule has 0 bridgehead atoms. The largest absolute Gasteiger partial charge is 0.480 e. The number of nitrogens with zero attached hydrogens (tertiary/aromatic N) is 1. The summed E-state index contributed by atoms with van der Waals surface area (Å²) in [4.78, 5) is 51.9. The molecular weight excluding hydrogens is 476 g/mol. The Labute approximate surface area is 219 Å². The highest BCUT2D eigenvalue weighted by Gasteiger charge is 2.51. The highest BCUT2D eigenvalue weighted by molar-refractivity contribution is 5.84. The van der Waals surface area contributed by atoms with Crippen LogP contribution in [-0.4, -0.2) is 57.6 Å². The molecule has 0 aromatic heterocycles. The number of hydrogen-bond donors (Lipinski definition) is 4. The fourth-order valence-corrected chi connectivity index (χ4v) is 5.02. The molecule has 2 rings (SSSR count). The number of likely N-dealkylation sites (tertiary alicyclic amines) is 1. The molecule has 0 unspecified atom stereocenters. The molecule has 0 radical (unpaired) electrons. The molecule has 0 aliphatic carbocycles. The molecule has 37 heavy (non-hydrogen) atoms. The van der Waals surface area contributed by atoms with Crippen molar-refractivity contribution >= 4 is 23.9 Å². The number of ether oxygens (including phenoxy) is 1. The fourth-order valence-electron chi connectivity index (χ4n) is 5.02. The molecule has 1 aromatic carbocycles. The Morgan fingerprint density at radius 1 is 1.08 bits per heavy atom. The molecule has 3 amide bonds. The van der Waals surface area contributed by atoms with Gasteiger partial charge in [-0.3, -0.25) is 24.7 Å². The number of hydrazine groups is 1. The van der Waals surface area contributed by atoms with Crippen molar-refractivity contribution in [2.24, 2.45) is 11.8 Å². The highest BCUT2D eigenvalue weighted by Crippen LogP contribution is 2.36. The van der Waals surface area contributed by atoms with Crippen molar-refractivity contribution < 1.29 is 29.0 Å². The van der Waals surface area contributed by atoms with Crippen molar-refractivity contribution in [2.75, 3.05) is 0 Å². The zero-order valence-electron chi connectivity index (χ0n) is 22.7. The van der Waals surface area contributed by atoms with Crippen LogP contribution in [0.1, 0.15) is 72.8 Å². The van der Waals surface area contributed by atoms with E-state index < -0.39 is 47.6 Å². The summed E-state index contributed by atoms with van der Waals surface area (Å²) in [6.07, 6.45) is 1.59. The van der Waals surface area contributed by atoms with E-state index in [4.69, 9.17) is 4.74 Å². The van der Waals surface area contributed by atoms with Crippen molar-refractivity contribution in [1.82, 2.24) is 21.1 Å². The van der Waals surface area contributed by atoms with Crippen LogP contribution in [0.25, 0.3) is 0 Å². The number of rotatable bonds is 10. The Morgan fingerprint density at radius 2 is 1.70 bits per heavy atom. The van der Waals surface area contributed by atoms with Crippen LogP contribution in [0.5, 0.6) is 0 Å². The quantitative estimate of drug-likeness (QED) is 0.349. The van der Waals surface area contributed by atoms with E-state index in [9.17, 15) is 24.3 Å². The first-order valence-corrected chi connectivity index (χ1v) is 12.9. The van der Waals surface area contributed by atoms with Gasteiger partial charge in [0.1, 0.15) is 11.6 Å². The zero-order chi connectivity index (χ0) is 27.8. The van der Waals surface area contributed by atoms with Crippen molar-refractivity contribution in [3.63, 3.8) is 0 Å². The van der Waals surface area contributed by atoms with E-state index in [1.54, 1.807) is 25.7 Å². The lowest BCUT2D eigenvalue weighted by molar-refractivity contribution is -0.143. The van der Waals surface area contributed by atoms with E-state index in [2.05, 4.69) is 30.0 Å². The summed E-state index contributed by atoms with van der Waals surface area (Å²) in [6, 6.07) is 7.43. The third-order valence-corrected chi connectivity index (χ3v) is 6.73. The summed E-state index contributed by atoms with van der Waals surface area (Å²) in [5, 5.41) is 13.1. The van der Waals surface area contributed by atoms with Gasteiger partial charge in [0, 0.05) is 25.6 Å². The van der Waals surface area contributed by atoms with Gasteiger partial charge in [0.25, 0.3) is 0 Å². The van der Waals surface area contributed by atoms with Gasteiger partial charge >= 0.3 is 12.1 Å². The van der Waals surface area contributed by atoms with Gasteiger partial charge in [-0.05, 0) is 45.1 Å². The summed E-state index contributed by atoms with van der Waals surface area (Å²) in [5.41, 5.74) is 4.83. The molecule has 4 N–H and O–H groups in total. The van der Waals surface area contributed by atoms with E-state index in [1.807, 2.05) is 30.3 Å². The number of carboxylic acid groups (broad SMARTS) is 1. The third kappa shape index (κ3) is 9.03. The minimum atomic E-state index is -1.04. The molecule has 206 valence electrons. The first-order chi connectivity index (χ1) is 17.4. The number of aliphatic carboxylic acids is 1. The van der Waals surface area contributed by atoms with Crippen molar-refractivity contribution in [2.45, 2.75) is 97.5 Å². The van der Waals surface area contributed by atoms with Gasteiger partial charge in [-0.25, -0.2) is 10.2 Å². The fraction of sp³-hybridized carbons (Fsp3) is 0.630. The smallest absolute Gasteiger partial charge is 0.426 e. The van der Waals surface area contributed by atoms with Gasteiger partial charge in [0.2, 0.25) is 11.8 Å². The molecule has 1 aliphatic rings. The minimum Gasteiger partial charge on any atom is -0.480 e. The summed E-state index contributed by atoms with van der Waals surface area (Å²) in [5.74, 6) is -2.34. The van der Waals surface area contributed by atoms with E-state index in [1.165, 1.54) is 6.92 Å². The van der Waals surface area contributed by atoms with E-state index in [0.29, 0.717) is 13.0 Å². The van der Waals surface area contributed by atoms with E-state index >= 15 is 0 Å². The van der Waals surface area contributed by atoms with Crippen molar-refractivity contribution in [3.8, 4) is 0 Å². The van der Waals surface area contributed by atoms with Crippen LogP contribution in [0, 0.1) is 11.8 Å². The van der Waals surface area contributed by atoms with Crippen LogP contribution in [0.4, 0.5) is 4.79 Å². The maximum absolute atomic E-state index is 13.4. The number of benzene rings is 1. The Hall–Kier alpha value is -3.14. The van der Waals surface area contributed by atoms with E-state index in [-0.39, 0.29) is 18.2 Å². The molecule has 1 saturated heterocycles. The van der Waals surface area contributed by atoms with Crippen molar-refractivity contribution in [3.05, 3.63) is 35.9 Å². The normalized spacial score (nSPS) is 20.8. The average molecular weight is 519 g/mol. The van der Waals surface area contributed by atoms with Crippen LogP contribution in [0.15, 0.2) is 30.3 Å². The maximum Gasteiger partial charge on any atom is 0.426 e. The molecular formula is C27H42N4O6. The monoisotopic (exact) mass is 518 g/mol. The molecule has 10 nitrogen and oxygen atoms in total. The SMILES string of the molecule is CCC(CC)C[C@H](NC(C)=O)[C@H]1[C@H](C(=O)NNC(=O)OC(C)(C)C)C[C@H](C(=O)O)N1Cc1ccccc1. The molecule has 1 heterocycles. The first-order valence-electron chi connectivity index (χ1n) is 12.9. The predicted octanol–water partition coefficient (Wildman–Crippen LogP) is 3.22. The Morgan fingerprint density at radius 3 is 2.22 bits per heavy atom. The zero-order valence-corrected chi connectivity index (χ0v) is 22.7. The van der Waals surface area contributed by atoms with Crippen LogP contribution in [0.2, 0.25) is 0 Å². The standard InChI is InChI=1S/C27H42N4O6/c1-7-18(8-2)14-21(28-17(3)32)23-20(24(33)29-30-26(36)37-27(4,5)6)15-22(25(34)35)31(23)16-19-12-10-9-11-13-19/h9-13,18,20-23H,7-8,14-16H2,1-6H3,(H,28,32)(H,29,33)(H,30,36)(H,34,35)/t20-,21+,22-,23-/m1/s1. The Balaban J connectivity index is 2.43. The second kappa shape index (κ2) is 13.4. The molecule has 10 heteroatoms. The van der Waals surface area contributed by atoms with Crippen LogP contribution >= 0.6 is 0 Å². The number of carbonyl (C=O) groups is 4. The van der Waals surface area contributed by atoms with Crippen LogP contribution < -0.4 is 16.2 Å². The lowest BCUT2D eigenvalue weighted by Gasteiger charge is -2.37. The second-order valence-corrected chi connectivity index (χ2v) is 10.7. The average Bonchev–Trinajstić information content (AvgIpc) is 3.19. The van der Waals surface area contributed by atoms with Gasteiger partial charge in [-0.1, -0.05) is 57.0 Å². The maximum atomic E-state index is 13.4. The summed E-state index contributed by atoms with van der Waals surface area (Å²) >= 11 is 0. The minimum absolute atomic E-state index is 0.0354. The predicted molar refractivity (Wildman–Crippen MR) is 139 cm³/mol. The van der Waals surface area contributed by atoms with Gasteiger partial charge in [0.05, 0.1) is 5.92 Å². The van der Waals surface area contributed by atoms with E-state index in [0.717, 1.165) is 18.4 Å². The second-order valence-electron chi connectivity index (χ2n) is 10.7. The summed E-state index contributed by atoms with van der Waals surface area (Å²) < 4.78 is 5.19. The molecule has 0 spiro atoms. The summed E-state index contributed by atoms with van der Waals surface area (Å²) in [6.45, 7) is 11.0. The lowest BCUT2D eigenvalue weighted by Crippen LogP contribution is -2.56. The number of carboxylic acids is 1. The molecule has 1 fully saturated rings. The highest BCUT2D eigenvalue weighted by atomic mass is 16.6. The number of amides is 3. The molecule has 1 aromatic rings. The van der Waals surface area contributed by atoms with Crippen molar-refractivity contribution in [1.29, 1.82) is 0 Å². The topological polar surface area (TPSA) is 137 Å². The number of carbonyl (C=O) groups excluding carboxylic acids is 3. The third-order valence-electron chi connectivity index (χ3n) is 6.73. The Bertz CT molecular complexity index is 929. The van der Waals surface area contributed by atoms with Gasteiger partial charge in [-0.2, -0.15) is 0 Å². The molecule has 4 atom stereocenters. The van der Waals surface area contributed by atoms with Gasteiger partial charge in [-0.15, -0.1) is 0 Å². The first kappa shape index (κ1) is 30.1. The summed E-state index contributed by atoms with van der Waals surface area (Å²) in [7, 11) is 0. The molecule has 1 aliphatic heterocycles. The number of hydrogen-bond acceptors (Lipinski definition) is 6. The number of nitrogens with one attached hydrogen (secondary N) is 3. The Kier molecular flexibility index (Phi) is 10.9. The van der Waals surface area contributed by atoms with Gasteiger partial charge in [0.15, 0.2) is 0 Å². The lowest BCUT2D eigenvalue weighted by atomic mass is 9.85. The van der Waals surface area contributed by atoms with Gasteiger partial charge < -0.3 is 15.2 Å². The van der Waals surface area contributed by atoms with Crippen LogP contribution in [0.3, 0.4) is 0 Å². The van der Waals surface area contributed by atoms with Crippen LogP contribution in [-0.2, 0) is 25.7 Å². The molecule has 0 saturated carbocycles.